The number of likely N-dealkylation sites (N-methyl/N-ethyl adjacent to an activating group) is 6. The number of halogens is 4. The molecule has 2 saturated heterocycles. The monoisotopic (exact) mass is 1370 g/mol. The summed E-state index contributed by atoms with van der Waals surface area (Å²) < 4.78 is 47.8. The van der Waals surface area contributed by atoms with Gasteiger partial charge < -0.3 is 65.4 Å². The molecule has 6 aliphatic rings. The van der Waals surface area contributed by atoms with Gasteiger partial charge in [0.25, 0.3) is 0 Å². The van der Waals surface area contributed by atoms with Gasteiger partial charge in [-0.05, 0) is 115 Å². The van der Waals surface area contributed by atoms with E-state index in [1.165, 1.54) is 75.7 Å². The van der Waals surface area contributed by atoms with Gasteiger partial charge in [-0.15, -0.1) is 11.6 Å². The molecule has 6 fully saturated rings. The van der Waals surface area contributed by atoms with Crippen LogP contribution in [0.2, 0.25) is 0 Å². The van der Waals surface area contributed by atoms with E-state index in [0.29, 0.717) is 38.5 Å². The van der Waals surface area contributed by atoms with Crippen LogP contribution in [-0.4, -0.2) is 252 Å². The van der Waals surface area contributed by atoms with Crippen molar-refractivity contribution in [2.24, 2.45) is 29.6 Å². The van der Waals surface area contributed by atoms with Crippen LogP contribution >= 0.6 is 11.6 Å². The molecule has 2 aliphatic heterocycles. The highest BCUT2D eigenvalue weighted by Gasteiger charge is 2.52. The molecule has 6 rings (SSSR count). The zero-order chi connectivity index (χ0) is 70.3. The maximum atomic E-state index is 15.5. The number of carbonyl (C=O) groups is 11. The Morgan fingerprint density at radius 1 is 0.642 bits per heavy atom. The number of amides is 11. The van der Waals surface area contributed by atoms with Crippen LogP contribution in [0.15, 0.2) is 0 Å². The Hall–Kier alpha value is -5.83. The van der Waals surface area contributed by atoms with Gasteiger partial charge in [0.1, 0.15) is 41.8 Å². The average molecular weight is 1370 g/mol. The molecule has 11 amide bonds. The van der Waals surface area contributed by atoms with Crippen molar-refractivity contribution in [3.8, 4) is 0 Å². The van der Waals surface area contributed by atoms with E-state index in [1.807, 2.05) is 6.92 Å². The van der Waals surface area contributed by atoms with E-state index in [1.54, 1.807) is 6.92 Å². The van der Waals surface area contributed by atoms with Gasteiger partial charge in [0, 0.05) is 67.2 Å². The van der Waals surface area contributed by atoms with Gasteiger partial charge in [0.2, 0.25) is 65.0 Å². The molecule has 5 N–H and O–H groups in total. The van der Waals surface area contributed by atoms with Gasteiger partial charge in [-0.3, -0.25) is 52.7 Å². The summed E-state index contributed by atoms with van der Waals surface area (Å²) in [5, 5.41) is 20.8. The van der Waals surface area contributed by atoms with Crippen LogP contribution in [0.1, 0.15) is 182 Å². The Kier molecular flexibility index (Phi) is 28.9. The summed E-state index contributed by atoms with van der Waals surface area (Å²) in [5.74, 6) is -9.78. The first-order chi connectivity index (χ1) is 44.7. The third-order valence-corrected chi connectivity index (χ3v) is 21.5. The van der Waals surface area contributed by atoms with Gasteiger partial charge in [-0.25, -0.2) is 0 Å². The first-order valence-electron chi connectivity index (χ1n) is 34.7. The predicted molar refractivity (Wildman–Crippen MR) is 348 cm³/mol. The Labute approximate surface area is 564 Å². The lowest BCUT2D eigenvalue weighted by Crippen LogP contribution is -2.65. The lowest BCUT2D eigenvalue weighted by molar-refractivity contribution is -0.182. The number of ether oxygens (including phenoxy) is 1. The molecule has 4 aliphatic carbocycles. The van der Waals surface area contributed by atoms with E-state index < -0.39 is 162 Å². The van der Waals surface area contributed by atoms with Crippen LogP contribution in [0, 0.1) is 29.6 Å². The molecule has 2 heterocycles. The number of carbonyl (C=O) groups excluding carboxylic acids is 11. The van der Waals surface area contributed by atoms with Crippen molar-refractivity contribution in [2.75, 3.05) is 88.2 Å². The Morgan fingerprint density at radius 3 is 1.87 bits per heavy atom. The maximum absolute atomic E-state index is 15.5. The van der Waals surface area contributed by atoms with Crippen LogP contribution in [-0.2, 0) is 57.5 Å². The number of rotatable bonds is 12. The molecule has 0 radical (unpaired) electrons. The molecule has 10 atom stereocenters. The van der Waals surface area contributed by atoms with E-state index in [0.717, 1.165) is 66.1 Å². The fourth-order valence-corrected chi connectivity index (χ4v) is 15.5. The van der Waals surface area contributed by atoms with Gasteiger partial charge in [0.15, 0.2) is 0 Å². The lowest BCUT2D eigenvalue weighted by atomic mass is 9.78. The summed E-state index contributed by atoms with van der Waals surface area (Å²) in [6, 6.07) is -7.18. The molecule has 0 aromatic rings. The summed E-state index contributed by atoms with van der Waals surface area (Å²) >= 11 is 6.38. The molecule has 3 unspecified atom stereocenters. The predicted octanol–water partition coefficient (Wildman–Crippen LogP) is 4.50. The lowest BCUT2D eigenvalue weighted by Gasteiger charge is -2.43. The zero-order valence-corrected chi connectivity index (χ0v) is 58.6. The first-order valence-corrected chi connectivity index (χ1v) is 35.1. The minimum atomic E-state index is -4.50. The third kappa shape index (κ3) is 21.3. The number of alkyl halides is 4. The van der Waals surface area contributed by atoms with Crippen molar-refractivity contribution in [2.45, 2.75) is 241 Å². The first kappa shape index (κ1) is 78.2. The van der Waals surface area contributed by atoms with Crippen LogP contribution in [0.4, 0.5) is 13.2 Å². The van der Waals surface area contributed by atoms with Gasteiger partial charge in [-0.2, -0.15) is 13.2 Å². The number of nitrogens with zero attached hydrogens (tertiary/aromatic N) is 7. The second kappa shape index (κ2) is 35.1. The van der Waals surface area contributed by atoms with Crippen LogP contribution in [0.25, 0.3) is 0 Å². The van der Waals surface area contributed by atoms with E-state index in [9.17, 15) is 51.8 Å². The van der Waals surface area contributed by atoms with E-state index in [2.05, 4.69) is 21.3 Å². The van der Waals surface area contributed by atoms with Crippen molar-refractivity contribution in [3.63, 3.8) is 0 Å². The smallest absolute Gasteiger partial charge is 0.388 e. The average Bonchev–Trinajstić information content (AvgIpc) is 1.76. The zero-order valence-electron chi connectivity index (χ0n) is 57.8. The number of aliphatic hydroxyl groups is 1. The molecule has 1 spiro atoms. The van der Waals surface area contributed by atoms with Crippen molar-refractivity contribution in [1.29, 1.82) is 0 Å². The van der Waals surface area contributed by atoms with Crippen LogP contribution in [0.3, 0.4) is 0 Å². The van der Waals surface area contributed by atoms with Crippen molar-refractivity contribution < 1.29 is 75.8 Å². The molecular weight excluding hydrogens is 1260 g/mol. The van der Waals surface area contributed by atoms with Crippen molar-refractivity contribution in [3.05, 3.63) is 0 Å². The van der Waals surface area contributed by atoms with Crippen LogP contribution < -0.4 is 21.3 Å². The standard InChI is InChI=1S/C67H109ClF3N11O13/c1-11-42(2)56-62(91)78(7)38-54(85)76(5)39-55(86)79(8)50(36-43-21-14-12-15-22-43)61(90)77(6)37-53(84)73-48(29-27-44-26-28-46(47(68)35-44)67(69,70)71)60(89)82-34-20-25-49(82)59(88)75-66(31-18-19-32-66)64(93)81(10)57(45-23-16-13-17-24-45)63(92)80(9)51(40-95-41-65(3,4)94)58(87)72-33-30-52(83)74-56/h42-51,56-57,94H,11-41H2,1-10H3,(H,72,87)(H,73,84)(H,74,83)(H,75,88)/t42-,44?,46?,47?,48-,49-,50-,51-,56-,57-/m0/s1. The van der Waals surface area contributed by atoms with Gasteiger partial charge in [-0.1, -0.05) is 84.5 Å². The summed E-state index contributed by atoms with van der Waals surface area (Å²) in [6.07, 6.45) is 5.87. The number of hydrogen-bond donors (Lipinski definition) is 5. The minimum Gasteiger partial charge on any atom is -0.388 e. The maximum Gasteiger partial charge on any atom is 0.393 e. The number of hydrogen-bond acceptors (Lipinski definition) is 13. The molecular formula is C67H109ClF3N11O13. The fraction of sp³-hybridized carbons (Fsp3) is 0.836. The number of nitrogens with one attached hydrogen (secondary N) is 4. The molecule has 95 heavy (non-hydrogen) atoms. The van der Waals surface area contributed by atoms with Crippen LogP contribution in [0.5, 0.6) is 0 Å². The Morgan fingerprint density at radius 2 is 1.26 bits per heavy atom. The minimum absolute atomic E-state index is 0.00303. The Bertz CT molecular complexity index is 2690. The Balaban J connectivity index is 1.37. The molecule has 0 aromatic carbocycles. The molecule has 24 nitrogen and oxygen atoms in total. The highest BCUT2D eigenvalue weighted by Crippen LogP contribution is 2.44. The SMILES string of the molecule is CC[C@H](C)[C@@H]1NC(=O)CCNC(=O)[C@H](COCC(C)(C)O)N(C)C(=O)[C@H](C2CCCCC2)N(C)C(=O)C2(CCCC2)NC(=O)[C@@H]2CCCN2C(=O)[C@H](CCC2CCC(C(F)(F)F)C(Cl)C2)NC(=O)CN(C)C(=O)[C@H](CC2CCCCC2)N(C)C(=O)CN(C)C(=O)CN(C)C1=O. The number of fused-ring (bicyclic) bond motifs is 1. The second-order valence-corrected chi connectivity index (χ2v) is 29.5. The largest absolute Gasteiger partial charge is 0.393 e. The highest BCUT2D eigenvalue weighted by atomic mass is 35.5. The van der Waals surface area contributed by atoms with E-state index in [4.69, 9.17) is 16.3 Å². The summed E-state index contributed by atoms with van der Waals surface area (Å²) in [6.45, 7) is 4.22. The van der Waals surface area contributed by atoms with Gasteiger partial charge in [0.05, 0.1) is 44.4 Å². The second-order valence-electron chi connectivity index (χ2n) is 28.9. The summed E-state index contributed by atoms with van der Waals surface area (Å²) in [7, 11) is 8.55. The van der Waals surface area contributed by atoms with Gasteiger partial charge >= 0.3 is 6.18 Å². The molecule has 0 bridgehead atoms. The van der Waals surface area contributed by atoms with Crippen molar-refractivity contribution in [1.82, 2.24) is 55.6 Å². The fourth-order valence-electron chi connectivity index (χ4n) is 14.9. The molecule has 4 saturated carbocycles. The normalized spacial score (nSPS) is 29.4. The quantitative estimate of drug-likeness (QED) is 0.169. The van der Waals surface area contributed by atoms with E-state index in [-0.39, 0.29) is 102 Å². The molecule has 28 heteroatoms. The summed E-state index contributed by atoms with van der Waals surface area (Å²) in [4.78, 5) is 169. The highest BCUT2D eigenvalue weighted by molar-refractivity contribution is 6.20. The summed E-state index contributed by atoms with van der Waals surface area (Å²) in [5.41, 5.74) is -2.87. The van der Waals surface area contributed by atoms with E-state index >= 15 is 19.2 Å². The molecule has 0 aromatic heterocycles. The third-order valence-electron chi connectivity index (χ3n) is 21.0. The molecule has 538 valence electrons. The van der Waals surface area contributed by atoms with Crippen molar-refractivity contribution >= 4 is 76.6 Å². The topological polar surface area (TPSA) is 288 Å².